The van der Waals surface area contributed by atoms with Gasteiger partial charge in [0, 0.05) is 6.04 Å². The molecule has 2 rings (SSSR count). The van der Waals surface area contributed by atoms with Crippen molar-refractivity contribution in [1.82, 2.24) is 0 Å². The van der Waals surface area contributed by atoms with Gasteiger partial charge in [0.2, 0.25) is 0 Å². The van der Waals surface area contributed by atoms with E-state index >= 15 is 0 Å². The zero-order valence-corrected chi connectivity index (χ0v) is 8.16. The van der Waals surface area contributed by atoms with Crippen LogP contribution in [0.4, 0.5) is 0 Å². The van der Waals surface area contributed by atoms with Crippen LogP contribution < -0.4 is 5.73 Å². The van der Waals surface area contributed by atoms with Crippen LogP contribution >= 0.6 is 0 Å². The Labute approximate surface area is 84.1 Å². The SMILES string of the molecule is C=CC(N)c1cc(O)cc2c1CCC2. The molecule has 1 aromatic carbocycles. The van der Waals surface area contributed by atoms with E-state index in [9.17, 15) is 5.11 Å². The number of hydrogen-bond donors (Lipinski definition) is 2. The summed E-state index contributed by atoms with van der Waals surface area (Å²) in [5.74, 6) is 0.318. The predicted molar refractivity (Wildman–Crippen MR) is 57.3 cm³/mol. The van der Waals surface area contributed by atoms with E-state index in [1.807, 2.05) is 6.07 Å². The van der Waals surface area contributed by atoms with Gasteiger partial charge in [-0.25, -0.2) is 0 Å². The van der Waals surface area contributed by atoms with Crippen LogP contribution in [0.2, 0.25) is 0 Å². The van der Waals surface area contributed by atoms with Crippen molar-refractivity contribution in [2.45, 2.75) is 25.3 Å². The van der Waals surface area contributed by atoms with Crippen LogP contribution in [0.3, 0.4) is 0 Å². The van der Waals surface area contributed by atoms with Crippen molar-refractivity contribution in [2.24, 2.45) is 5.73 Å². The Bertz CT molecular complexity index is 371. The summed E-state index contributed by atoms with van der Waals surface area (Å²) in [4.78, 5) is 0. The van der Waals surface area contributed by atoms with Crippen molar-refractivity contribution in [2.75, 3.05) is 0 Å². The third kappa shape index (κ3) is 1.42. The molecule has 74 valence electrons. The summed E-state index contributed by atoms with van der Waals surface area (Å²) in [6.45, 7) is 3.69. The van der Waals surface area contributed by atoms with Gasteiger partial charge in [-0.2, -0.15) is 0 Å². The Balaban J connectivity index is 2.53. The molecule has 0 bridgehead atoms. The number of phenolic OH excluding ortho intramolecular Hbond substituents is 1. The zero-order chi connectivity index (χ0) is 10.1. The summed E-state index contributed by atoms with van der Waals surface area (Å²) in [6, 6.07) is 3.45. The smallest absolute Gasteiger partial charge is 0.116 e. The molecule has 2 heteroatoms. The van der Waals surface area contributed by atoms with Crippen molar-refractivity contribution >= 4 is 0 Å². The maximum absolute atomic E-state index is 9.53. The highest BCUT2D eigenvalue weighted by atomic mass is 16.3. The Morgan fingerprint density at radius 2 is 2.21 bits per heavy atom. The number of nitrogens with two attached hydrogens (primary N) is 1. The van der Waals surface area contributed by atoms with Crippen LogP contribution in [0.25, 0.3) is 0 Å². The predicted octanol–water partition coefficient (Wildman–Crippen LogP) is 2.07. The number of aromatic hydroxyl groups is 1. The highest BCUT2D eigenvalue weighted by molar-refractivity contribution is 5.46. The minimum Gasteiger partial charge on any atom is -0.508 e. The maximum atomic E-state index is 9.53. The summed E-state index contributed by atoms with van der Waals surface area (Å²) in [6.07, 6.45) is 5.01. The average molecular weight is 189 g/mol. The maximum Gasteiger partial charge on any atom is 0.116 e. The molecule has 14 heavy (non-hydrogen) atoms. The van der Waals surface area contributed by atoms with Crippen molar-refractivity contribution < 1.29 is 5.11 Å². The van der Waals surface area contributed by atoms with Gasteiger partial charge in [0.15, 0.2) is 0 Å². The molecule has 1 aromatic rings. The minimum absolute atomic E-state index is 0.158. The molecule has 3 N–H and O–H groups in total. The Morgan fingerprint density at radius 1 is 1.43 bits per heavy atom. The van der Waals surface area contributed by atoms with E-state index in [1.165, 1.54) is 11.1 Å². The molecule has 0 aromatic heterocycles. The summed E-state index contributed by atoms with van der Waals surface area (Å²) >= 11 is 0. The van der Waals surface area contributed by atoms with E-state index in [2.05, 4.69) is 6.58 Å². The average Bonchev–Trinajstić information content (AvgIpc) is 2.62. The Hall–Kier alpha value is -1.28. The number of aryl methyl sites for hydroxylation is 1. The monoisotopic (exact) mass is 189 g/mol. The third-order valence-electron chi connectivity index (χ3n) is 2.85. The first kappa shape index (κ1) is 9.28. The van der Waals surface area contributed by atoms with Crippen LogP contribution in [0, 0.1) is 0 Å². The van der Waals surface area contributed by atoms with Gasteiger partial charge in [-0.1, -0.05) is 6.08 Å². The van der Waals surface area contributed by atoms with Gasteiger partial charge in [0.05, 0.1) is 0 Å². The van der Waals surface area contributed by atoms with Crippen LogP contribution in [-0.2, 0) is 12.8 Å². The lowest BCUT2D eigenvalue weighted by Crippen LogP contribution is -2.09. The van der Waals surface area contributed by atoms with E-state index in [0.717, 1.165) is 24.8 Å². The van der Waals surface area contributed by atoms with Crippen molar-refractivity contribution in [1.29, 1.82) is 0 Å². The lowest BCUT2D eigenvalue weighted by atomic mass is 9.97. The fourth-order valence-corrected chi connectivity index (χ4v) is 2.15. The van der Waals surface area contributed by atoms with E-state index < -0.39 is 0 Å². The van der Waals surface area contributed by atoms with Gasteiger partial charge in [-0.3, -0.25) is 0 Å². The molecular weight excluding hydrogens is 174 g/mol. The molecule has 0 saturated carbocycles. The van der Waals surface area contributed by atoms with Crippen LogP contribution in [-0.4, -0.2) is 5.11 Å². The molecule has 0 radical (unpaired) electrons. The van der Waals surface area contributed by atoms with E-state index in [1.54, 1.807) is 12.1 Å². The molecule has 0 spiro atoms. The van der Waals surface area contributed by atoms with E-state index in [-0.39, 0.29) is 6.04 Å². The number of fused-ring (bicyclic) bond motifs is 1. The first-order chi connectivity index (χ1) is 6.72. The van der Waals surface area contributed by atoms with Crippen LogP contribution in [0.5, 0.6) is 5.75 Å². The van der Waals surface area contributed by atoms with Crippen molar-refractivity contribution in [3.8, 4) is 5.75 Å². The summed E-state index contributed by atoms with van der Waals surface area (Å²) in [5, 5.41) is 9.53. The highest BCUT2D eigenvalue weighted by Gasteiger charge is 2.18. The fourth-order valence-electron chi connectivity index (χ4n) is 2.15. The standard InChI is InChI=1S/C12H15NO/c1-2-12(13)11-7-9(14)6-8-4-3-5-10(8)11/h2,6-7,12,14H,1,3-5,13H2. The lowest BCUT2D eigenvalue weighted by Gasteiger charge is -2.13. The fraction of sp³-hybridized carbons (Fsp3) is 0.333. The molecule has 1 unspecified atom stereocenters. The van der Waals surface area contributed by atoms with Gasteiger partial charge in [-0.15, -0.1) is 6.58 Å². The highest BCUT2D eigenvalue weighted by Crippen LogP contribution is 2.32. The van der Waals surface area contributed by atoms with Gasteiger partial charge < -0.3 is 10.8 Å². The molecule has 0 heterocycles. The van der Waals surface area contributed by atoms with Crippen LogP contribution in [0.15, 0.2) is 24.8 Å². The van der Waals surface area contributed by atoms with Crippen molar-refractivity contribution in [3.05, 3.63) is 41.5 Å². The normalized spacial score (nSPS) is 16.4. The largest absolute Gasteiger partial charge is 0.508 e. The first-order valence-electron chi connectivity index (χ1n) is 4.95. The molecule has 1 aliphatic rings. The molecule has 0 fully saturated rings. The molecule has 1 aliphatic carbocycles. The molecule has 2 nitrogen and oxygen atoms in total. The molecular formula is C12H15NO. The van der Waals surface area contributed by atoms with Gasteiger partial charge in [0.25, 0.3) is 0 Å². The van der Waals surface area contributed by atoms with Gasteiger partial charge in [0.1, 0.15) is 5.75 Å². The number of rotatable bonds is 2. The summed E-state index contributed by atoms with van der Waals surface area (Å²) in [5.41, 5.74) is 9.50. The molecule has 0 amide bonds. The molecule has 0 saturated heterocycles. The molecule has 1 atom stereocenters. The Kier molecular flexibility index (Phi) is 2.30. The molecule has 0 aliphatic heterocycles. The van der Waals surface area contributed by atoms with Gasteiger partial charge >= 0.3 is 0 Å². The van der Waals surface area contributed by atoms with Gasteiger partial charge in [-0.05, 0) is 48.1 Å². The minimum atomic E-state index is -0.158. The first-order valence-corrected chi connectivity index (χ1v) is 4.95. The second-order valence-corrected chi connectivity index (χ2v) is 3.79. The van der Waals surface area contributed by atoms with E-state index in [0.29, 0.717) is 5.75 Å². The second kappa shape index (κ2) is 3.46. The number of hydrogen-bond acceptors (Lipinski definition) is 2. The summed E-state index contributed by atoms with van der Waals surface area (Å²) in [7, 11) is 0. The number of phenols is 1. The number of benzene rings is 1. The third-order valence-corrected chi connectivity index (χ3v) is 2.85. The lowest BCUT2D eigenvalue weighted by molar-refractivity contribution is 0.473. The summed E-state index contributed by atoms with van der Waals surface area (Å²) < 4.78 is 0. The quantitative estimate of drug-likeness (QED) is 0.699. The zero-order valence-electron chi connectivity index (χ0n) is 8.16. The second-order valence-electron chi connectivity index (χ2n) is 3.79. The Morgan fingerprint density at radius 3 is 2.93 bits per heavy atom. The van der Waals surface area contributed by atoms with Crippen molar-refractivity contribution in [3.63, 3.8) is 0 Å². The van der Waals surface area contributed by atoms with E-state index in [4.69, 9.17) is 5.73 Å². The topological polar surface area (TPSA) is 46.2 Å². The van der Waals surface area contributed by atoms with Crippen LogP contribution in [0.1, 0.15) is 29.2 Å².